The van der Waals surface area contributed by atoms with E-state index in [0.717, 1.165) is 16.9 Å². The number of hydrogen-bond acceptors (Lipinski definition) is 2. The molecule has 1 heterocycles. The minimum absolute atomic E-state index is 0.477. The molecule has 0 aliphatic rings. The summed E-state index contributed by atoms with van der Waals surface area (Å²) in [7, 11) is 1.63. The Balaban J connectivity index is 2.55. The van der Waals surface area contributed by atoms with E-state index >= 15 is 0 Å². The fraction of sp³-hybridized carbons (Fsp3) is 0.222. The van der Waals surface area contributed by atoms with Crippen LogP contribution in [0.25, 0.3) is 11.0 Å². The molecular formula is C9H9ClN2O. The molecule has 0 atom stereocenters. The summed E-state index contributed by atoms with van der Waals surface area (Å²) in [5.74, 6) is 0.797. The third kappa shape index (κ3) is 1.53. The van der Waals surface area contributed by atoms with E-state index in [-0.39, 0.29) is 0 Å². The number of nitrogens with zero attached hydrogens (tertiary/aromatic N) is 1. The van der Waals surface area contributed by atoms with Gasteiger partial charge in [-0.25, -0.2) is 4.98 Å². The number of ether oxygens (including phenoxy) is 1. The number of imidazole rings is 1. The predicted octanol–water partition coefficient (Wildman–Crippen LogP) is 2.36. The van der Waals surface area contributed by atoms with Crippen molar-refractivity contribution in [3.8, 4) is 0 Å². The molecule has 0 aliphatic heterocycles. The Labute approximate surface area is 80.7 Å². The van der Waals surface area contributed by atoms with Gasteiger partial charge in [-0.2, -0.15) is 0 Å². The molecule has 2 aromatic rings. The maximum absolute atomic E-state index is 5.95. The molecule has 0 aliphatic carbocycles. The molecule has 0 saturated heterocycles. The van der Waals surface area contributed by atoms with E-state index < -0.39 is 0 Å². The van der Waals surface area contributed by atoms with Gasteiger partial charge < -0.3 is 9.72 Å². The van der Waals surface area contributed by atoms with Crippen LogP contribution in [0.15, 0.2) is 18.2 Å². The zero-order valence-electron chi connectivity index (χ0n) is 7.17. The van der Waals surface area contributed by atoms with Gasteiger partial charge in [0.1, 0.15) is 17.9 Å². The first-order valence-corrected chi connectivity index (χ1v) is 4.31. The molecule has 0 saturated carbocycles. The van der Waals surface area contributed by atoms with E-state index in [1.54, 1.807) is 7.11 Å². The molecule has 0 amide bonds. The van der Waals surface area contributed by atoms with E-state index in [9.17, 15) is 0 Å². The number of hydrogen-bond donors (Lipinski definition) is 1. The van der Waals surface area contributed by atoms with Crippen LogP contribution in [-0.2, 0) is 11.3 Å². The van der Waals surface area contributed by atoms with Crippen molar-refractivity contribution in [2.45, 2.75) is 6.61 Å². The lowest BCUT2D eigenvalue weighted by molar-refractivity contribution is 0.179. The number of benzene rings is 1. The molecule has 0 bridgehead atoms. The van der Waals surface area contributed by atoms with Crippen molar-refractivity contribution in [2.24, 2.45) is 0 Å². The normalized spacial score (nSPS) is 10.9. The van der Waals surface area contributed by atoms with Crippen LogP contribution in [-0.4, -0.2) is 17.1 Å². The Morgan fingerprint density at radius 2 is 2.38 bits per heavy atom. The van der Waals surface area contributed by atoms with Crippen LogP contribution < -0.4 is 0 Å². The van der Waals surface area contributed by atoms with Gasteiger partial charge in [-0.05, 0) is 12.1 Å². The number of halogens is 1. The Kier molecular flexibility index (Phi) is 2.20. The lowest BCUT2D eigenvalue weighted by Gasteiger charge is -1.89. The summed E-state index contributed by atoms with van der Waals surface area (Å²) in [6.45, 7) is 0.477. The predicted molar refractivity (Wildman–Crippen MR) is 51.8 cm³/mol. The van der Waals surface area contributed by atoms with Crippen molar-refractivity contribution in [3.05, 3.63) is 29.0 Å². The minimum Gasteiger partial charge on any atom is -0.377 e. The highest BCUT2D eigenvalue weighted by molar-refractivity contribution is 6.34. The summed E-state index contributed by atoms with van der Waals surface area (Å²) in [4.78, 5) is 7.41. The largest absolute Gasteiger partial charge is 0.377 e. The third-order valence-corrected chi connectivity index (χ3v) is 2.10. The van der Waals surface area contributed by atoms with Gasteiger partial charge in [0, 0.05) is 7.11 Å². The Morgan fingerprint density at radius 1 is 1.54 bits per heavy atom. The van der Waals surface area contributed by atoms with E-state index in [0.29, 0.717) is 11.6 Å². The maximum atomic E-state index is 5.95. The summed E-state index contributed by atoms with van der Waals surface area (Å²) in [6, 6.07) is 5.65. The summed E-state index contributed by atoms with van der Waals surface area (Å²) in [5.41, 5.74) is 1.75. The summed E-state index contributed by atoms with van der Waals surface area (Å²) >= 11 is 5.95. The number of aromatic amines is 1. The van der Waals surface area contributed by atoms with Crippen LogP contribution in [0.4, 0.5) is 0 Å². The van der Waals surface area contributed by atoms with Gasteiger partial charge >= 0.3 is 0 Å². The first-order valence-electron chi connectivity index (χ1n) is 3.93. The monoisotopic (exact) mass is 196 g/mol. The molecule has 68 valence electrons. The highest BCUT2D eigenvalue weighted by Crippen LogP contribution is 2.20. The number of para-hydroxylation sites is 1. The SMILES string of the molecule is COCc1nc2c(Cl)cccc2[nH]1. The fourth-order valence-electron chi connectivity index (χ4n) is 1.25. The molecule has 2 rings (SSSR count). The third-order valence-electron chi connectivity index (χ3n) is 1.79. The molecule has 1 aromatic heterocycles. The van der Waals surface area contributed by atoms with Gasteiger partial charge in [-0.3, -0.25) is 0 Å². The van der Waals surface area contributed by atoms with E-state index in [1.807, 2.05) is 18.2 Å². The van der Waals surface area contributed by atoms with Crippen LogP contribution >= 0.6 is 11.6 Å². The Bertz CT molecular complexity index is 424. The van der Waals surface area contributed by atoms with E-state index in [2.05, 4.69) is 9.97 Å². The molecule has 3 nitrogen and oxygen atoms in total. The van der Waals surface area contributed by atoms with Gasteiger partial charge in [0.2, 0.25) is 0 Å². The van der Waals surface area contributed by atoms with E-state index in [4.69, 9.17) is 16.3 Å². The number of aromatic nitrogens is 2. The van der Waals surface area contributed by atoms with Gasteiger partial charge in [0.15, 0.2) is 0 Å². The first-order chi connectivity index (χ1) is 6.31. The molecule has 4 heteroatoms. The van der Waals surface area contributed by atoms with Crippen molar-refractivity contribution < 1.29 is 4.74 Å². The number of nitrogens with one attached hydrogen (secondary N) is 1. The minimum atomic E-state index is 0.477. The molecule has 13 heavy (non-hydrogen) atoms. The van der Waals surface area contributed by atoms with Crippen LogP contribution in [0.1, 0.15) is 5.82 Å². The quantitative estimate of drug-likeness (QED) is 0.801. The standard InChI is InChI=1S/C9H9ClN2O/c1-13-5-8-11-7-4-2-3-6(10)9(7)12-8/h2-4H,5H2,1H3,(H,11,12). The summed E-state index contributed by atoms with van der Waals surface area (Å²) in [6.07, 6.45) is 0. The lowest BCUT2D eigenvalue weighted by Crippen LogP contribution is -1.88. The average molecular weight is 197 g/mol. The molecule has 0 radical (unpaired) electrons. The summed E-state index contributed by atoms with van der Waals surface area (Å²) < 4.78 is 4.96. The molecular weight excluding hydrogens is 188 g/mol. The zero-order chi connectivity index (χ0) is 9.26. The maximum Gasteiger partial charge on any atom is 0.133 e. The first kappa shape index (κ1) is 8.53. The van der Waals surface area contributed by atoms with Crippen LogP contribution in [0, 0.1) is 0 Å². The van der Waals surface area contributed by atoms with Crippen molar-refractivity contribution in [1.29, 1.82) is 0 Å². The second-order valence-electron chi connectivity index (χ2n) is 2.75. The smallest absolute Gasteiger partial charge is 0.133 e. The molecule has 0 fully saturated rings. The zero-order valence-corrected chi connectivity index (χ0v) is 7.93. The Hall–Kier alpha value is -1.06. The molecule has 1 aromatic carbocycles. The van der Waals surface area contributed by atoms with E-state index in [1.165, 1.54) is 0 Å². The number of fused-ring (bicyclic) bond motifs is 1. The van der Waals surface area contributed by atoms with Gasteiger partial charge in [-0.15, -0.1) is 0 Å². The second kappa shape index (κ2) is 3.36. The van der Waals surface area contributed by atoms with Crippen LogP contribution in [0.3, 0.4) is 0 Å². The molecule has 0 unspecified atom stereocenters. The lowest BCUT2D eigenvalue weighted by atomic mass is 10.3. The summed E-state index contributed by atoms with van der Waals surface area (Å²) in [5, 5.41) is 0.663. The van der Waals surface area contributed by atoms with Gasteiger partial charge in [0.25, 0.3) is 0 Å². The fourth-order valence-corrected chi connectivity index (χ4v) is 1.47. The highest BCUT2D eigenvalue weighted by Gasteiger charge is 2.04. The van der Waals surface area contributed by atoms with Gasteiger partial charge in [-0.1, -0.05) is 17.7 Å². The number of rotatable bonds is 2. The number of H-pyrrole nitrogens is 1. The topological polar surface area (TPSA) is 37.9 Å². The average Bonchev–Trinajstić information content (AvgIpc) is 2.49. The van der Waals surface area contributed by atoms with Crippen molar-refractivity contribution in [1.82, 2.24) is 9.97 Å². The van der Waals surface area contributed by atoms with Crippen molar-refractivity contribution in [2.75, 3.05) is 7.11 Å². The van der Waals surface area contributed by atoms with Crippen molar-refractivity contribution >= 4 is 22.6 Å². The van der Waals surface area contributed by atoms with Crippen LogP contribution in [0.2, 0.25) is 5.02 Å². The molecule has 0 spiro atoms. The number of methoxy groups -OCH3 is 1. The van der Waals surface area contributed by atoms with Gasteiger partial charge in [0.05, 0.1) is 10.5 Å². The van der Waals surface area contributed by atoms with Crippen molar-refractivity contribution in [3.63, 3.8) is 0 Å². The Morgan fingerprint density at radius 3 is 3.08 bits per heavy atom. The molecule has 1 N–H and O–H groups in total. The highest BCUT2D eigenvalue weighted by atomic mass is 35.5. The second-order valence-corrected chi connectivity index (χ2v) is 3.16. The van der Waals surface area contributed by atoms with Crippen LogP contribution in [0.5, 0.6) is 0 Å².